The number of benzene rings is 1. The number of anilines is 1. The minimum absolute atomic E-state index is 0.118. The van der Waals surface area contributed by atoms with Gasteiger partial charge in [-0.2, -0.15) is 0 Å². The van der Waals surface area contributed by atoms with Crippen LogP contribution in [0.25, 0.3) is 5.57 Å². The lowest BCUT2D eigenvalue weighted by Crippen LogP contribution is -2.45. The summed E-state index contributed by atoms with van der Waals surface area (Å²) < 4.78 is 0.848. The zero-order valence-corrected chi connectivity index (χ0v) is 15.7. The minimum atomic E-state index is -0.455. The van der Waals surface area contributed by atoms with Crippen molar-refractivity contribution < 1.29 is 10.2 Å². The molecule has 5 nitrogen and oxygen atoms in total. The number of phenolic OH excluding ortho intramolecular Hbond substituents is 1. The summed E-state index contributed by atoms with van der Waals surface area (Å²) in [6, 6.07) is 0. The molecule has 7 heteroatoms. The van der Waals surface area contributed by atoms with E-state index in [0.29, 0.717) is 17.5 Å². The first-order chi connectivity index (χ1) is 12.1. The Hall–Kier alpha value is -1.31. The van der Waals surface area contributed by atoms with Crippen molar-refractivity contribution in [2.45, 2.75) is 41.4 Å². The van der Waals surface area contributed by atoms with Crippen LogP contribution in [0.5, 0.6) is 5.75 Å². The van der Waals surface area contributed by atoms with Gasteiger partial charge in [-0.05, 0) is 24.8 Å². The van der Waals surface area contributed by atoms with Crippen molar-refractivity contribution in [3.05, 3.63) is 26.7 Å². The number of phenols is 1. The van der Waals surface area contributed by atoms with Crippen LogP contribution >= 0.6 is 27.7 Å². The van der Waals surface area contributed by atoms with Crippen LogP contribution in [-0.2, 0) is 5.41 Å². The Morgan fingerprint density at radius 1 is 1.40 bits per heavy atom. The normalized spacial score (nSPS) is 36.2. The lowest BCUT2D eigenvalue weighted by atomic mass is 9.68. The number of aliphatic hydroxyl groups excluding tert-OH is 1. The molecule has 128 valence electrons. The van der Waals surface area contributed by atoms with E-state index in [1.165, 1.54) is 5.57 Å². The van der Waals surface area contributed by atoms with Crippen molar-refractivity contribution in [1.82, 2.24) is 0 Å². The molecule has 4 aliphatic heterocycles. The van der Waals surface area contributed by atoms with Gasteiger partial charge in [-0.1, -0.05) is 22.0 Å². The minimum Gasteiger partial charge on any atom is -0.504 e. The monoisotopic (exact) mass is 417 g/mol. The molecule has 1 aromatic rings. The van der Waals surface area contributed by atoms with Gasteiger partial charge in [0, 0.05) is 38.7 Å². The van der Waals surface area contributed by atoms with Crippen LogP contribution < -0.4 is 15.9 Å². The average molecular weight is 418 g/mol. The highest BCUT2D eigenvalue weighted by atomic mass is 79.9. The molecule has 1 saturated heterocycles. The molecule has 1 fully saturated rings. The van der Waals surface area contributed by atoms with Crippen LogP contribution in [0.1, 0.15) is 24.8 Å². The molecule has 25 heavy (non-hydrogen) atoms. The van der Waals surface area contributed by atoms with E-state index in [-0.39, 0.29) is 21.8 Å². The molecule has 0 aromatic heterocycles. The second-order valence-electron chi connectivity index (χ2n) is 7.36. The number of nitrogens with zero attached hydrogens (tertiary/aromatic N) is 2. The highest BCUT2D eigenvalue weighted by Crippen LogP contribution is 2.58. The van der Waals surface area contributed by atoms with Crippen molar-refractivity contribution in [2.24, 2.45) is 9.98 Å². The van der Waals surface area contributed by atoms with E-state index in [9.17, 15) is 10.2 Å². The van der Waals surface area contributed by atoms with Crippen molar-refractivity contribution >= 4 is 50.9 Å². The van der Waals surface area contributed by atoms with Crippen molar-refractivity contribution in [1.29, 1.82) is 0 Å². The molecular weight excluding hydrogens is 402 g/mol. The van der Waals surface area contributed by atoms with E-state index < -0.39 is 6.10 Å². The summed E-state index contributed by atoms with van der Waals surface area (Å²) in [6.45, 7) is 0.871. The molecule has 4 heterocycles. The zero-order chi connectivity index (χ0) is 16.9. The van der Waals surface area contributed by atoms with Gasteiger partial charge in [0.25, 0.3) is 0 Å². The smallest absolute Gasteiger partial charge is 0.167 e. The number of fused-ring (bicyclic) bond motifs is 3. The maximum Gasteiger partial charge on any atom is 0.167 e. The number of aromatic hydroxyl groups is 1. The van der Waals surface area contributed by atoms with Crippen LogP contribution in [0.3, 0.4) is 0 Å². The molecule has 0 radical (unpaired) electrons. The fourth-order valence-corrected chi connectivity index (χ4v) is 7.36. The second-order valence-corrected chi connectivity index (χ2v) is 9.67. The first-order valence-electron chi connectivity index (χ1n) is 8.58. The molecule has 1 aliphatic carbocycles. The second kappa shape index (κ2) is 4.69. The van der Waals surface area contributed by atoms with Gasteiger partial charge in [0.05, 0.1) is 17.2 Å². The van der Waals surface area contributed by atoms with Gasteiger partial charge in [0.1, 0.15) is 11.0 Å². The summed E-state index contributed by atoms with van der Waals surface area (Å²) in [5.74, 6) is 0.213. The molecule has 1 aromatic carbocycles. The fraction of sp³-hybridized carbons (Fsp3) is 0.444. The Bertz CT molecular complexity index is 1030. The topological polar surface area (TPSA) is 77.2 Å². The van der Waals surface area contributed by atoms with Gasteiger partial charge >= 0.3 is 0 Å². The summed E-state index contributed by atoms with van der Waals surface area (Å²) >= 11 is 5.40. The lowest BCUT2D eigenvalue weighted by Gasteiger charge is -2.40. The van der Waals surface area contributed by atoms with E-state index in [4.69, 9.17) is 4.99 Å². The molecule has 1 spiro atoms. The number of nitrogens with one attached hydrogen (secondary N) is 1. The summed E-state index contributed by atoms with van der Waals surface area (Å²) in [6.07, 6.45) is 6.16. The molecule has 1 unspecified atom stereocenters. The number of aliphatic hydroxyl groups is 1. The molecule has 2 bridgehead atoms. The summed E-state index contributed by atoms with van der Waals surface area (Å²) in [5.41, 5.74) is 3.84. The maximum absolute atomic E-state index is 10.9. The molecule has 5 aliphatic rings. The number of hydrogen-bond acceptors (Lipinski definition) is 6. The maximum atomic E-state index is 10.9. The molecule has 4 atom stereocenters. The lowest BCUT2D eigenvalue weighted by molar-refractivity contribution is 0.189. The molecule has 0 saturated carbocycles. The van der Waals surface area contributed by atoms with Crippen LogP contribution in [-0.4, -0.2) is 39.7 Å². The fourth-order valence-electron chi connectivity index (χ4n) is 5.03. The Labute approximate surface area is 156 Å². The first kappa shape index (κ1) is 14.8. The number of rotatable bonds is 0. The Morgan fingerprint density at radius 2 is 2.28 bits per heavy atom. The van der Waals surface area contributed by atoms with Crippen LogP contribution in [0, 0.1) is 0 Å². The number of halogens is 1. The van der Waals surface area contributed by atoms with Crippen LogP contribution in [0.4, 0.5) is 11.4 Å². The highest BCUT2D eigenvalue weighted by Gasteiger charge is 2.55. The van der Waals surface area contributed by atoms with Crippen molar-refractivity contribution in [2.75, 3.05) is 11.9 Å². The number of allylic oxidation sites excluding steroid dienone is 1. The van der Waals surface area contributed by atoms with E-state index in [0.717, 1.165) is 40.3 Å². The van der Waals surface area contributed by atoms with E-state index in [1.807, 2.05) is 18.0 Å². The van der Waals surface area contributed by atoms with Crippen LogP contribution in [0.15, 0.2) is 20.5 Å². The summed E-state index contributed by atoms with van der Waals surface area (Å²) in [5, 5.41) is 27.0. The van der Waals surface area contributed by atoms with Crippen LogP contribution in [0.2, 0.25) is 0 Å². The molecule has 0 amide bonds. The largest absolute Gasteiger partial charge is 0.504 e. The highest BCUT2D eigenvalue weighted by molar-refractivity contribution is 9.11. The van der Waals surface area contributed by atoms with Crippen molar-refractivity contribution in [3.8, 4) is 5.75 Å². The Morgan fingerprint density at radius 3 is 3.16 bits per heavy atom. The Balaban J connectivity index is 1.78. The Kier molecular flexibility index (Phi) is 2.78. The van der Waals surface area contributed by atoms with Gasteiger partial charge < -0.3 is 15.5 Å². The van der Waals surface area contributed by atoms with E-state index in [2.05, 4.69) is 32.3 Å². The summed E-state index contributed by atoms with van der Waals surface area (Å²) in [7, 11) is 0. The van der Waals surface area contributed by atoms with Gasteiger partial charge in [-0.25, -0.2) is 0 Å². The average Bonchev–Trinajstić information content (AvgIpc) is 3.13. The number of thioether (sulfide) groups is 1. The van der Waals surface area contributed by atoms with Crippen molar-refractivity contribution in [3.63, 3.8) is 0 Å². The SMILES string of the molecule is Oc1c2c3c(c4c1=N[C@@H]1C[C@]45C=C(Br)[C@H](O)CC5S1)NCCC=3C=N2. The quantitative estimate of drug-likeness (QED) is 0.562. The first-order valence-corrected chi connectivity index (χ1v) is 10.3. The predicted molar refractivity (Wildman–Crippen MR) is 103 cm³/mol. The third kappa shape index (κ3) is 1.70. The number of aliphatic imine (C=N–C) groups is 1. The zero-order valence-electron chi connectivity index (χ0n) is 13.3. The van der Waals surface area contributed by atoms with E-state index >= 15 is 0 Å². The molecule has 6 rings (SSSR count). The van der Waals surface area contributed by atoms with Gasteiger partial charge in [0.15, 0.2) is 5.75 Å². The summed E-state index contributed by atoms with van der Waals surface area (Å²) in [4.78, 5) is 9.35. The van der Waals surface area contributed by atoms with E-state index in [1.54, 1.807) is 0 Å². The predicted octanol–water partition coefficient (Wildman–Crippen LogP) is 1.82. The number of hydrogen-bond donors (Lipinski definition) is 3. The standard InChI is InChI=1S/C18H16BrN3O2S/c19-8-4-18-5-11(25-10(18)3-9(8)23)22-16-13(18)14-12-7(1-2-20-14)6-21-15(12)17(16)24/h4,6,9-11,20,23-24H,1-3,5H2/t9-,10?,11+,18+/m1/s1. The third-order valence-corrected chi connectivity index (χ3v) is 8.37. The van der Waals surface area contributed by atoms with Gasteiger partial charge in [-0.3, -0.25) is 9.98 Å². The third-order valence-electron chi connectivity index (χ3n) is 6.09. The van der Waals surface area contributed by atoms with Gasteiger partial charge in [0.2, 0.25) is 0 Å². The molecular formula is C18H16BrN3O2S. The molecule has 3 N–H and O–H groups in total. The van der Waals surface area contributed by atoms with Gasteiger partial charge in [-0.15, -0.1) is 11.8 Å².